The molecule has 0 amide bonds. The molecule has 0 saturated carbocycles. The molecule has 0 unspecified atom stereocenters. The molecular formula is C18H14F3N5O. The summed E-state index contributed by atoms with van der Waals surface area (Å²) in [6.07, 6.45) is 1.58. The third kappa shape index (κ3) is 3.27. The molecule has 0 spiro atoms. The van der Waals surface area contributed by atoms with Gasteiger partial charge in [-0.25, -0.2) is 0 Å². The van der Waals surface area contributed by atoms with Crippen molar-refractivity contribution < 1.29 is 17.7 Å². The molecule has 0 fully saturated rings. The van der Waals surface area contributed by atoms with Gasteiger partial charge in [-0.15, -0.1) is 0 Å². The molecule has 4 rings (SSSR count). The van der Waals surface area contributed by atoms with E-state index in [2.05, 4.69) is 36.1 Å². The minimum atomic E-state index is -4.68. The maximum atomic E-state index is 12.6. The number of halogens is 3. The predicted molar refractivity (Wildman–Crippen MR) is 91.5 cm³/mol. The summed E-state index contributed by atoms with van der Waals surface area (Å²) in [5.41, 5.74) is 2.50. The van der Waals surface area contributed by atoms with Gasteiger partial charge in [0.2, 0.25) is 5.82 Å². The Hall–Kier alpha value is -3.23. The number of alkyl halides is 3. The Morgan fingerprint density at radius 1 is 1.11 bits per heavy atom. The second-order valence-electron chi connectivity index (χ2n) is 5.99. The highest BCUT2D eigenvalue weighted by molar-refractivity contribution is 5.83. The topological polar surface area (TPSA) is 69.6 Å². The summed E-state index contributed by atoms with van der Waals surface area (Å²) in [7, 11) is 0. The molecule has 0 aliphatic carbocycles. The van der Waals surface area contributed by atoms with Crippen LogP contribution in [0.4, 0.5) is 13.2 Å². The molecule has 6 nitrogen and oxygen atoms in total. The van der Waals surface area contributed by atoms with Gasteiger partial charge in [-0.3, -0.25) is 9.97 Å². The average Bonchev–Trinajstić information content (AvgIpc) is 3.29. The molecule has 0 aliphatic rings. The van der Waals surface area contributed by atoms with Crippen molar-refractivity contribution in [2.24, 2.45) is 0 Å². The van der Waals surface area contributed by atoms with Gasteiger partial charge in [-0.2, -0.15) is 18.2 Å². The van der Waals surface area contributed by atoms with E-state index in [1.165, 1.54) is 12.3 Å². The molecule has 9 heteroatoms. The van der Waals surface area contributed by atoms with Crippen molar-refractivity contribution in [3.8, 4) is 22.8 Å². The molecule has 0 saturated heterocycles. The van der Waals surface area contributed by atoms with Crippen LogP contribution in [-0.2, 0) is 12.7 Å². The van der Waals surface area contributed by atoms with Crippen molar-refractivity contribution in [1.29, 1.82) is 0 Å². The van der Waals surface area contributed by atoms with E-state index >= 15 is 0 Å². The van der Waals surface area contributed by atoms with E-state index in [1.807, 2.05) is 18.3 Å². The minimum Gasteiger partial charge on any atom is -0.346 e. The zero-order chi connectivity index (χ0) is 19.0. The lowest BCUT2D eigenvalue weighted by Gasteiger charge is -2.05. The number of hydrogen-bond acceptors (Lipinski definition) is 5. The number of fused-ring (bicyclic) bond motifs is 1. The highest BCUT2D eigenvalue weighted by Gasteiger charge is 2.38. The fourth-order valence-corrected chi connectivity index (χ4v) is 2.83. The maximum absolute atomic E-state index is 12.6. The number of pyridine rings is 2. The highest BCUT2D eigenvalue weighted by Crippen LogP contribution is 2.30. The lowest BCUT2D eigenvalue weighted by atomic mass is 10.1. The normalized spacial score (nSPS) is 12.0. The van der Waals surface area contributed by atoms with Crippen molar-refractivity contribution in [1.82, 2.24) is 24.7 Å². The van der Waals surface area contributed by atoms with Crippen LogP contribution in [0.15, 0.2) is 47.4 Å². The first-order valence-electron chi connectivity index (χ1n) is 8.28. The lowest BCUT2D eigenvalue weighted by Crippen LogP contribution is -2.04. The Morgan fingerprint density at radius 2 is 1.93 bits per heavy atom. The largest absolute Gasteiger partial charge is 0.471 e. The SMILES string of the molecule is CCCn1ccc2cc(-c3cc(-c4noc(C(F)(F)F)n4)ccn3)ncc21. The summed E-state index contributed by atoms with van der Waals surface area (Å²) in [6.45, 7) is 3.00. The molecular weight excluding hydrogens is 359 g/mol. The van der Waals surface area contributed by atoms with Crippen LogP contribution in [0.5, 0.6) is 0 Å². The minimum absolute atomic E-state index is 0.152. The van der Waals surface area contributed by atoms with Crippen molar-refractivity contribution in [3.63, 3.8) is 0 Å². The van der Waals surface area contributed by atoms with Gasteiger partial charge >= 0.3 is 12.1 Å². The van der Waals surface area contributed by atoms with E-state index in [-0.39, 0.29) is 5.82 Å². The van der Waals surface area contributed by atoms with E-state index in [1.54, 1.807) is 12.3 Å². The van der Waals surface area contributed by atoms with E-state index in [9.17, 15) is 13.2 Å². The van der Waals surface area contributed by atoms with Gasteiger partial charge in [0.15, 0.2) is 0 Å². The summed E-state index contributed by atoms with van der Waals surface area (Å²) in [5, 5.41) is 4.42. The molecule has 4 aromatic heterocycles. The van der Waals surface area contributed by atoms with E-state index < -0.39 is 12.1 Å². The number of hydrogen-bond donors (Lipinski definition) is 0. The van der Waals surface area contributed by atoms with Crippen LogP contribution >= 0.6 is 0 Å². The van der Waals surface area contributed by atoms with Crippen LogP contribution in [0.25, 0.3) is 33.7 Å². The first-order chi connectivity index (χ1) is 13.0. The van der Waals surface area contributed by atoms with Gasteiger partial charge in [0.05, 0.1) is 23.1 Å². The molecule has 0 N–H and O–H groups in total. The van der Waals surface area contributed by atoms with Gasteiger partial charge in [0.25, 0.3) is 0 Å². The number of aromatic nitrogens is 5. The van der Waals surface area contributed by atoms with Crippen molar-refractivity contribution >= 4 is 10.9 Å². The fraction of sp³-hybridized carbons (Fsp3) is 0.222. The molecule has 4 aromatic rings. The maximum Gasteiger partial charge on any atom is 0.471 e. The third-order valence-electron chi connectivity index (χ3n) is 4.07. The Kier molecular flexibility index (Phi) is 4.14. The highest BCUT2D eigenvalue weighted by atomic mass is 19.4. The Bertz CT molecular complexity index is 1100. The molecule has 0 radical (unpaired) electrons. The first-order valence-corrected chi connectivity index (χ1v) is 8.28. The zero-order valence-electron chi connectivity index (χ0n) is 14.2. The third-order valence-corrected chi connectivity index (χ3v) is 4.07. The van der Waals surface area contributed by atoms with Gasteiger partial charge in [-0.1, -0.05) is 12.1 Å². The van der Waals surface area contributed by atoms with Crippen molar-refractivity contribution in [2.45, 2.75) is 26.1 Å². The van der Waals surface area contributed by atoms with Crippen molar-refractivity contribution in [2.75, 3.05) is 0 Å². The molecule has 0 atom stereocenters. The smallest absolute Gasteiger partial charge is 0.346 e. The second kappa shape index (κ2) is 6.49. The Labute approximate surface area is 151 Å². The summed E-state index contributed by atoms with van der Waals surface area (Å²) < 4.78 is 44.3. The molecule has 0 bridgehead atoms. The first kappa shape index (κ1) is 17.2. The zero-order valence-corrected chi connectivity index (χ0v) is 14.2. The molecule has 27 heavy (non-hydrogen) atoms. The quantitative estimate of drug-likeness (QED) is 0.524. The van der Waals surface area contributed by atoms with Crippen LogP contribution in [0.3, 0.4) is 0 Å². The van der Waals surface area contributed by atoms with Crippen LogP contribution in [0.2, 0.25) is 0 Å². The summed E-state index contributed by atoms with van der Waals surface area (Å²) in [5.74, 6) is -1.53. The fourth-order valence-electron chi connectivity index (χ4n) is 2.83. The van der Waals surface area contributed by atoms with Crippen LogP contribution in [0.1, 0.15) is 19.2 Å². The predicted octanol–water partition coefficient (Wildman–Crippen LogP) is 4.58. The Balaban J connectivity index is 1.70. The average molecular weight is 373 g/mol. The standard InChI is InChI=1S/C18H14F3N5O/c1-2-6-26-7-4-11-8-14(23-10-15(11)26)13-9-12(3-5-22-13)16-24-17(27-25-16)18(19,20)21/h3-5,7-10H,2,6H2,1H3. The lowest BCUT2D eigenvalue weighted by molar-refractivity contribution is -0.159. The van der Waals surface area contributed by atoms with Gasteiger partial charge in [-0.05, 0) is 30.7 Å². The monoisotopic (exact) mass is 373 g/mol. The van der Waals surface area contributed by atoms with Crippen LogP contribution in [-0.4, -0.2) is 24.7 Å². The second-order valence-corrected chi connectivity index (χ2v) is 5.99. The van der Waals surface area contributed by atoms with Gasteiger partial charge in [0, 0.05) is 29.9 Å². The molecule has 4 heterocycles. The van der Waals surface area contributed by atoms with E-state index in [0.717, 1.165) is 23.9 Å². The summed E-state index contributed by atoms with van der Waals surface area (Å²) >= 11 is 0. The van der Waals surface area contributed by atoms with E-state index in [0.29, 0.717) is 17.0 Å². The van der Waals surface area contributed by atoms with Gasteiger partial charge in [0.1, 0.15) is 0 Å². The van der Waals surface area contributed by atoms with Crippen LogP contribution < -0.4 is 0 Å². The van der Waals surface area contributed by atoms with E-state index in [4.69, 9.17) is 0 Å². The number of nitrogens with zero attached hydrogens (tertiary/aromatic N) is 5. The summed E-state index contributed by atoms with van der Waals surface area (Å²) in [4.78, 5) is 12.1. The van der Waals surface area contributed by atoms with Crippen LogP contribution in [0, 0.1) is 0 Å². The Morgan fingerprint density at radius 3 is 2.67 bits per heavy atom. The molecule has 138 valence electrons. The number of rotatable bonds is 4. The molecule has 0 aliphatic heterocycles. The molecule has 0 aromatic carbocycles. The van der Waals surface area contributed by atoms with Crippen molar-refractivity contribution in [3.05, 3.63) is 48.7 Å². The van der Waals surface area contributed by atoms with Gasteiger partial charge < -0.3 is 9.09 Å². The summed E-state index contributed by atoms with van der Waals surface area (Å²) in [6, 6.07) is 6.99. The number of aryl methyl sites for hydroxylation is 1.